The maximum absolute atomic E-state index is 5.71. The zero-order valence-electron chi connectivity index (χ0n) is 16.3. The second-order valence-electron chi connectivity index (χ2n) is 7.59. The maximum Gasteiger partial charge on any atom is 0.0578 e. The summed E-state index contributed by atoms with van der Waals surface area (Å²) in [6, 6.07) is 4.44. The minimum atomic E-state index is 0.759. The first kappa shape index (κ1) is 19.0. The van der Waals surface area contributed by atoms with Gasteiger partial charge in [-0.05, 0) is 93.8 Å². The maximum atomic E-state index is 5.71. The Balaban J connectivity index is 1.78. The van der Waals surface area contributed by atoms with Crippen LogP contribution in [0.15, 0.2) is 24.5 Å². The third-order valence-corrected chi connectivity index (χ3v) is 5.36. The van der Waals surface area contributed by atoms with Crippen molar-refractivity contribution in [2.45, 2.75) is 65.5 Å². The molecule has 26 heavy (non-hydrogen) atoms. The summed E-state index contributed by atoms with van der Waals surface area (Å²) in [6.07, 6.45) is 11.1. The molecule has 4 nitrogen and oxygen atoms in total. The Morgan fingerprint density at radius 1 is 1.04 bits per heavy atom. The van der Waals surface area contributed by atoms with Crippen LogP contribution in [0.5, 0.6) is 0 Å². The summed E-state index contributed by atoms with van der Waals surface area (Å²) < 4.78 is 0. The van der Waals surface area contributed by atoms with Crippen molar-refractivity contribution in [1.82, 2.24) is 14.9 Å². The van der Waals surface area contributed by atoms with E-state index in [1.807, 2.05) is 12.4 Å². The number of hydrogen-bond donors (Lipinski definition) is 1. The van der Waals surface area contributed by atoms with Gasteiger partial charge in [-0.25, -0.2) is 0 Å². The summed E-state index contributed by atoms with van der Waals surface area (Å²) in [5.74, 6) is 0. The van der Waals surface area contributed by atoms with Crippen molar-refractivity contribution < 1.29 is 0 Å². The predicted octanol–water partition coefficient (Wildman–Crippen LogP) is 3.71. The van der Waals surface area contributed by atoms with Crippen molar-refractivity contribution in [3.8, 4) is 0 Å². The second-order valence-corrected chi connectivity index (χ2v) is 7.59. The Morgan fingerprint density at radius 2 is 1.85 bits per heavy atom. The fourth-order valence-electron chi connectivity index (χ4n) is 3.90. The molecule has 0 aliphatic heterocycles. The summed E-state index contributed by atoms with van der Waals surface area (Å²) in [5, 5.41) is 0. The fraction of sp³-hybridized carbons (Fsp3) is 0.545. The van der Waals surface area contributed by atoms with Crippen molar-refractivity contribution in [3.05, 3.63) is 58.2 Å². The van der Waals surface area contributed by atoms with E-state index in [1.54, 1.807) is 0 Å². The highest BCUT2D eigenvalue weighted by Crippen LogP contribution is 2.24. The van der Waals surface area contributed by atoms with Gasteiger partial charge >= 0.3 is 0 Å². The summed E-state index contributed by atoms with van der Waals surface area (Å²) in [5.41, 5.74) is 13.6. The van der Waals surface area contributed by atoms with Crippen molar-refractivity contribution >= 4 is 0 Å². The average Bonchev–Trinajstić information content (AvgIpc) is 2.64. The molecule has 0 aromatic carbocycles. The van der Waals surface area contributed by atoms with Crippen molar-refractivity contribution in [3.63, 3.8) is 0 Å². The second kappa shape index (κ2) is 9.24. The molecule has 0 saturated heterocycles. The quantitative estimate of drug-likeness (QED) is 0.736. The first-order valence-electron chi connectivity index (χ1n) is 9.97. The lowest BCUT2D eigenvalue weighted by Crippen LogP contribution is -2.27. The van der Waals surface area contributed by atoms with Crippen LogP contribution in [0.1, 0.15) is 59.3 Å². The largest absolute Gasteiger partial charge is 0.330 e. The molecule has 0 fully saturated rings. The standard InChI is InChI=1S/C22H32N4/c1-17-13-18(2)21(25-14-17)15-26(12-6-5-10-23)16-22-20-8-4-3-7-19(20)9-11-24-22/h9,11,13-14H,3-8,10,12,15-16,23H2,1-2H3. The van der Waals surface area contributed by atoms with E-state index >= 15 is 0 Å². The van der Waals surface area contributed by atoms with Gasteiger partial charge in [0.15, 0.2) is 0 Å². The van der Waals surface area contributed by atoms with E-state index in [9.17, 15) is 0 Å². The normalized spacial score (nSPS) is 13.8. The highest BCUT2D eigenvalue weighted by Gasteiger charge is 2.17. The highest BCUT2D eigenvalue weighted by atomic mass is 15.1. The monoisotopic (exact) mass is 352 g/mol. The van der Waals surface area contributed by atoms with Gasteiger partial charge in [0, 0.05) is 25.5 Å². The van der Waals surface area contributed by atoms with Gasteiger partial charge in [-0.2, -0.15) is 0 Å². The Kier molecular flexibility index (Phi) is 6.75. The number of rotatable bonds is 8. The van der Waals surface area contributed by atoms with E-state index < -0.39 is 0 Å². The third kappa shape index (κ3) is 4.89. The van der Waals surface area contributed by atoms with Gasteiger partial charge in [0.2, 0.25) is 0 Å². The highest BCUT2D eigenvalue weighted by molar-refractivity contribution is 5.32. The molecule has 0 saturated carbocycles. The van der Waals surface area contributed by atoms with Crippen LogP contribution in [0, 0.1) is 13.8 Å². The molecule has 0 bridgehead atoms. The molecular formula is C22H32N4. The lowest BCUT2D eigenvalue weighted by atomic mass is 9.91. The molecule has 2 N–H and O–H groups in total. The van der Waals surface area contributed by atoms with Crippen LogP contribution in [-0.2, 0) is 25.9 Å². The molecule has 2 aromatic rings. The van der Waals surface area contributed by atoms with Gasteiger partial charge in [0.25, 0.3) is 0 Å². The number of nitrogens with two attached hydrogens (primary N) is 1. The van der Waals surface area contributed by atoms with Crippen LogP contribution in [0.4, 0.5) is 0 Å². The Bertz CT molecular complexity index is 726. The number of pyridine rings is 2. The number of nitrogens with zero attached hydrogens (tertiary/aromatic N) is 3. The van der Waals surface area contributed by atoms with Crippen LogP contribution in [-0.4, -0.2) is 28.0 Å². The molecule has 0 spiro atoms. The van der Waals surface area contributed by atoms with E-state index in [0.717, 1.165) is 39.0 Å². The van der Waals surface area contributed by atoms with Gasteiger partial charge in [0.05, 0.1) is 11.4 Å². The summed E-state index contributed by atoms with van der Waals surface area (Å²) in [6.45, 7) is 7.84. The lowest BCUT2D eigenvalue weighted by molar-refractivity contribution is 0.244. The van der Waals surface area contributed by atoms with Crippen LogP contribution < -0.4 is 5.73 Å². The summed E-state index contributed by atoms with van der Waals surface area (Å²) >= 11 is 0. The van der Waals surface area contributed by atoms with Crippen LogP contribution in [0.2, 0.25) is 0 Å². The smallest absolute Gasteiger partial charge is 0.0578 e. The van der Waals surface area contributed by atoms with E-state index in [2.05, 4.69) is 35.9 Å². The van der Waals surface area contributed by atoms with Crippen LogP contribution in [0.3, 0.4) is 0 Å². The molecule has 1 aliphatic rings. The van der Waals surface area contributed by atoms with Gasteiger partial charge in [-0.1, -0.05) is 6.07 Å². The van der Waals surface area contributed by atoms with Crippen LogP contribution >= 0.6 is 0 Å². The zero-order chi connectivity index (χ0) is 18.4. The molecule has 0 unspecified atom stereocenters. The molecule has 4 heteroatoms. The molecular weight excluding hydrogens is 320 g/mol. The van der Waals surface area contributed by atoms with E-state index in [-0.39, 0.29) is 0 Å². The van der Waals surface area contributed by atoms with E-state index in [0.29, 0.717) is 0 Å². The number of aromatic nitrogens is 2. The number of aryl methyl sites for hydroxylation is 3. The van der Waals surface area contributed by atoms with E-state index in [1.165, 1.54) is 59.3 Å². The third-order valence-electron chi connectivity index (χ3n) is 5.36. The molecule has 0 radical (unpaired) electrons. The predicted molar refractivity (Wildman–Crippen MR) is 107 cm³/mol. The first-order valence-corrected chi connectivity index (χ1v) is 9.97. The van der Waals surface area contributed by atoms with Gasteiger partial charge in [0.1, 0.15) is 0 Å². The molecule has 0 amide bonds. The fourth-order valence-corrected chi connectivity index (χ4v) is 3.90. The zero-order valence-corrected chi connectivity index (χ0v) is 16.3. The van der Waals surface area contributed by atoms with Crippen molar-refractivity contribution in [1.29, 1.82) is 0 Å². The first-order chi connectivity index (χ1) is 12.7. The molecule has 2 aromatic heterocycles. The van der Waals surface area contributed by atoms with E-state index in [4.69, 9.17) is 10.7 Å². The van der Waals surface area contributed by atoms with Gasteiger partial charge in [-0.15, -0.1) is 0 Å². The number of hydrogen-bond acceptors (Lipinski definition) is 4. The molecule has 1 aliphatic carbocycles. The number of fused-ring (bicyclic) bond motifs is 1. The Morgan fingerprint density at radius 3 is 2.65 bits per heavy atom. The summed E-state index contributed by atoms with van der Waals surface area (Å²) in [7, 11) is 0. The Hall–Kier alpha value is -1.78. The summed E-state index contributed by atoms with van der Waals surface area (Å²) in [4.78, 5) is 11.9. The van der Waals surface area contributed by atoms with Gasteiger partial charge < -0.3 is 5.73 Å². The van der Waals surface area contributed by atoms with Crippen molar-refractivity contribution in [2.75, 3.05) is 13.1 Å². The molecule has 140 valence electrons. The average molecular weight is 353 g/mol. The number of unbranched alkanes of at least 4 members (excludes halogenated alkanes) is 1. The molecule has 0 atom stereocenters. The van der Waals surface area contributed by atoms with Crippen LogP contribution in [0.25, 0.3) is 0 Å². The molecule has 3 rings (SSSR count). The lowest BCUT2D eigenvalue weighted by Gasteiger charge is -2.25. The topological polar surface area (TPSA) is 55.0 Å². The van der Waals surface area contributed by atoms with Gasteiger partial charge in [-0.3, -0.25) is 14.9 Å². The minimum absolute atomic E-state index is 0.759. The minimum Gasteiger partial charge on any atom is -0.330 e. The SMILES string of the molecule is Cc1cnc(CN(CCCCN)Cc2nccc3c2CCCC3)c(C)c1. The molecule has 2 heterocycles. The Labute approximate surface area is 157 Å². The van der Waals surface area contributed by atoms with Crippen molar-refractivity contribution in [2.24, 2.45) is 5.73 Å².